The molecule has 0 bridgehead atoms. The predicted octanol–water partition coefficient (Wildman–Crippen LogP) is 7.43. The first kappa shape index (κ1) is 72.6. The van der Waals surface area contributed by atoms with Gasteiger partial charge in [-0.05, 0) is 95.7 Å². The third-order valence-electron chi connectivity index (χ3n) is 16.4. The number of carbonyl (C=O) groups excluding carboxylic acids is 1. The highest BCUT2D eigenvalue weighted by atomic mass is 32.2. The summed E-state index contributed by atoms with van der Waals surface area (Å²) in [4.78, 5) is 67.9. The molecule has 10 N–H and O–H groups in total. The van der Waals surface area contributed by atoms with Crippen molar-refractivity contribution < 1.29 is 101 Å². The number of phosphoric ester groups is 2. The van der Waals surface area contributed by atoms with Crippen LogP contribution in [0.5, 0.6) is 5.75 Å². The van der Waals surface area contributed by atoms with Gasteiger partial charge >= 0.3 is 23.5 Å². The van der Waals surface area contributed by atoms with Gasteiger partial charge in [0.2, 0.25) is 17.5 Å². The molecule has 4 aliphatic rings. The zero-order valence-electron chi connectivity index (χ0n) is 52.3. The fourth-order valence-electron chi connectivity index (χ4n) is 12.1. The monoisotopic (exact) mass is 1420 g/mol. The molecule has 0 spiro atoms. The maximum absolute atomic E-state index is 13.3. The number of nitrogens with one attached hydrogen (secondary N) is 2. The van der Waals surface area contributed by atoms with Crippen molar-refractivity contribution in [3.8, 4) is 5.75 Å². The number of H-pyrrole nitrogens is 1. The summed E-state index contributed by atoms with van der Waals surface area (Å²) in [6.07, 6.45) is 9.68. The Hall–Kier alpha value is -6.64. The van der Waals surface area contributed by atoms with Gasteiger partial charge in [0, 0.05) is 77.8 Å². The first-order valence-corrected chi connectivity index (χ1v) is 37.7. The molecule has 0 radical (unpaired) electrons. The number of nitrogens with zero attached hydrogens (tertiary/aromatic N) is 5. The van der Waals surface area contributed by atoms with E-state index >= 15 is 0 Å². The molecule has 8 atom stereocenters. The number of hydrogen-bond acceptors (Lipinski definition) is 22. The Balaban J connectivity index is 0.787. The van der Waals surface area contributed by atoms with Crippen molar-refractivity contribution in [3.05, 3.63) is 142 Å². The number of nitrogens with two attached hydrogens (primary N) is 1. The summed E-state index contributed by atoms with van der Waals surface area (Å²) in [5.74, 6) is 0.0478. The molecule has 1 saturated heterocycles. The molecule has 4 aliphatic heterocycles. The minimum atomic E-state index is -5.90. The first-order chi connectivity index (χ1) is 44.6. The average molecular weight is 1420 g/mol. The van der Waals surface area contributed by atoms with Gasteiger partial charge in [-0.15, -0.1) is 0 Å². The van der Waals surface area contributed by atoms with Gasteiger partial charge in [-0.1, -0.05) is 73.6 Å². The molecule has 3 aromatic carbocycles. The Kier molecular flexibility index (Phi) is 22.3. The van der Waals surface area contributed by atoms with Crippen LogP contribution < -0.4 is 26.2 Å². The van der Waals surface area contributed by atoms with Crippen LogP contribution in [0.1, 0.15) is 114 Å². The molecule has 5 aromatic rings. The van der Waals surface area contributed by atoms with Gasteiger partial charge in [0.1, 0.15) is 36.4 Å². The Morgan fingerprint density at radius 2 is 1.62 bits per heavy atom. The Bertz CT molecular complexity index is 4400. The molecule has 0 saturated carbocycles. The Morgan fingerprint density at radius 3 is 2.33 bits per heavy atom. The molecule has 9 rings (SSSR count). The number of rotatable bonds is 30. The molecule has 35 heteroatoms. The molecule has 6 heterocycles. The van der Waals surface area contributed by atoms with Gasteiger partial charge in [-0.2, -0.15) is 26.6 Å². The highest BCUT2D eigenvalue weighted by molar-refractivity contribution is 7.86. The molecule has 1 fully saturated rings. The minimum absolute atomic E-state index is 0.0150. The maximum Gasteiger partial charge on any atom is 0.490 e. The van der Waals surface area contributed by atoms with E-state index in [1.54, 1.807) is 6.08 Å². The molecule has 514 valence electrons. The summed E-state index contributed by atoms with van der Waals surface area (Å²) in [6, 6.07) is 18.1. The number of aliphatic hydroxyl groups excluding tert-OH is 2. The highest BCUT2D eigenvalue weighted by Gasteiger charge is 2.49. The van der Waals surface area contributed by atoms with E-state index in [9.17, 15) is 74.1 Å². The molecule has 30 nitrogen and oxygen atoms in total. The molecule has 0 aliphatic carbocycles. The van der Waals surface area contributed by atoms with Crippen molar-refractivity contribution >= 4 is 101 Å². The molecular formula is C60H75N8O22P3S2. The van der Waals surface area contributed by atoms with Crippen LogP contribution in [0.3, 0.4) is 0 Å². The number of benzene rings is 3. The Morgan fingerprint density at radius 1 is 0.905 bits per heavy atom. The number of likely N-dealkylation sites (N-methyl/N-ethyl adjacent to an activating group) is 1. The van der Waals surface area contributed by atoms with Gasteiger partial charge in [-0.3, -0.25) is 32.7 Å². The predicted molar refractivity (Wildman–Crippen MR) is 348 cm³/mol. The van der Waals surface area contributed by atoms with Crippen LogP contribution in [-0.4, -0.2) is 149 Å². The van der Waals surface area contributed by atoms with Crippen molar-refractivity contribution in [3.63, 3.8) is 0 Å². The fraction of sp³-hybridized carbons (Fsp3) is 0.417. The van der Waals surface area contributed by atoms with E-state index < -0.39 is 98.2 Å². The van der Waals surface area contributed by atoms with Crippen molar-refractivity contribution in [2.75, 3.05) is 49.2 Å². The van der Waals surface area contributed by atoms with E-state index in [0.717, 1.165) is 51.0 Å². The zero-order chi connectivity index (χ0) is 69.1. The van der Waals surface area contributed by atoms with Crippen LogP contribution in [-0.2, 0) is 66.5 Å². The summed E-state index contributed by atoms with van der Waals surface area (Å²) in [5.41, 5.74) is 10.8. The maximum atomic E-state index is 13.3. The number of unbranched alkanes of at least 4 members (excludes halogenated alkanes) is 3. The summed E-state index contributed by atoms with van der Waals surface area (Å²) in [6.45, 7) is 9.89. The van der Waals surface area contributed by atoms with Crippen LogP contribution in [0.15, 0.2) is 119 Å². The number of aliphatic hydroxyl groups is 2. The molecular weight excluding hydrogens is 1340 g/mol. The topological polar surface area (TPSA) is 444 Å². The third-order valence-corrected chi connectivity index (χ3v) is 22.3. The number of allylic oxidation sites excluding steroid dienone is 8. The Labute approximate surface area is 547 Å². The number of aromatic nitrogens is 4. The molecule has 4 unspecified atom stereocenters. The smallest absolute Gasteiger partial charge is 0.490 e. The lowest BCUT2D eigenvalue weighted by Gasteiger charge is -2.43. The van der Waals surface area contributed by atoms with E-state index in [1.165, 1.54) is 18.2 Å². The summed E-state index contributed by atoms with van der Waals surface area (Å²) in [7, 11) is -26.3. The number of phosphoric acid groups is 3. The lowest BCUT2D eigenvalue weighted by molar-refractivity contribution is -0.437. The lowest BCUT2D eigenvalue weighted by atomic mass is 9.75. The van der Waals surface area contributed by atoms with E-state index in [1.807, 2.05) is 72.2 Å². The van der Waals surface area contributed by atoms with Crippen LogP contribution >= 0.6 is 23.5 Å². The number of imidazole rings is 1. The summed E-state index contributed by atoms with van der Waals surface area (Å²) >= 11 is 0. The number of aromatic amines is 1. The lowest BCUT2D eigenvalue weighted by Crippen LogP contribution is -2.44. The normalized spacial score (nSPS) is 22.7. The van der Waals surface area contributed by atoms with Crippen LogP contribution in [0.4, 0.5) is 17.3 Å². The number of hydrogen-bond donors (Lipinski definition) is 9. The number of carbonyl (C=O) groups is 1. The fourth-order valence-corrected chi connectivity index (χ4v) is 16.6. The molecule has 2 aromatic heterocycles. The van der Waals surface area contributed by atoms with E-state index in [2.05, 4.69) is 84.2 Å². The number of amides is 1. The van der Waals surface area contributed by atoms with Crippen LogP contribution in [0, 0.1) is 0 Å². The van der Waals surface area contributed by atoms with Crippen molar-refractivity contribution in [2.24, 2.45) is 0 Å². The van der Waals surface area contributed by atoms with Crippen molar-refractivity contribution in [1.29, 1.82) is 0 Å². The van der Waals surface area contributed by atoms with Gasteiger partial charge in [-0.25, -0.2) is 27.1 Å². The SMILES string of the molecule is CCN1c2cc3c(cc2C(C)=CC1(C)C)C(=CC=CC=CC1=[N+](CCCS(=O)(=O)[O-])c2ccc(S(=O)(=O)O)cc2C1(C)CCCC(=O)NCCCCCCOP(=O)(O)OP(=O)(O)OP(=O)(O)OC[C@H]1O[C@@H](n2cnc4c(=O)[nH]c(N)nc42)[C@H](O)[C@@H]1O)C=C(c1ccccc1)O3. The minimum Gasteiger partial charge on any atom is -0.748 e. The second-order valence-electron chi connectivity index (χ2n) is 23.7. The highest BCUT2D eigenvalue weighted by Crippen LogP contribution is 2.68. The largest absolute Gasteiger partial charge is 0.748 e. The van der Waals surface area contributed by atoms with Gasteiger partial charge < -0.3 is 54.9 Å². The number of nitrogen functional groups attached to an aromatic ring is 1. The van der Waals surface area contributed by atoms with Gasteiger partial charge in [0.15, 0.2) is 23.1 Å². The number of anilines is 2. The van der Waals surface area contributed by atoms with Crippen LogP contribution in [0.25, 0.3) is 28.1 Å². The first-order valence-electron chi connectivity index (χ1n) is 30.2. The third kappa shape index (κ3) is 17.6. The zero-order valence-corrected chi connectivity index (χ0v) is 56.6. The second kappa shape index (κ2) is 29.2. The van der Waals surface area contributed by atoms with E-state index in [0.29, 0.717) is 47.7 Å². The average Bonchev–Trinajstić information content (AvgIpc) is 1.72. The van der Waals surface area contributed by atoms with E-state index in [4.69, 9.17) is 19.7 Å². The van der Waals surface area contributed by atoms with Crippen molar-refractivity contribution in [2.45, 2.75) is 126 Å². The summed E-state index contributed by atoms with van der Waals surface area (Å²) in [5, 5.41) is 24.0. The number of fused-ring (bicyclic) bond motifs is 4. The van der Waals surface area contributed by atoms with Gasteiger partial charge in [0.25, 0.3) is 15.7 Å². The molecule has 95 heavy (non-hydrogen) atoms. The standard InChI is InChI=1S/C60H75N8O22P3S2/c1-6-68-46-34-48-43(33-42(46)38(2)35-59(68,3)4)40(31-47(87-48)39-19-11-9-12-20-39)21-13-10-14-22-50-60(5,44-32-41(95(82,83)84)24-25-45(44)66(50)28-18-30-94(79,80)81)26-17-23-51(69)62-27-15-7-8-16-29-85-91(73,74)89-93(77,78)90-92(75,76)86-36-49-53(70)54(71)57(88-49)67-37-63-52-55(67)64-58(61)65-56(52)72/h9-14,19-22,24-25,31-35,37,49,53-54,57,70-71H,6-8,15-18,23,26-30,36H2,1-5H3,(H8-,61,62,64,65,69,72,73,74,75,76,77,78,79,80,81,82,83,84)/t49-,53-,54-,57-,60?/m1/s1. The van der Waals surface area contributed by atoms with Crippen molar-refractivity contribution in [1.82, 2.24) is 24.8 Å². The van der Waals surface area contributed by atoms with E-state index in [-0.39, 0.29) is 78.6 Å². The molecule has 1 amide bonds. The van der Waals surface area contributed by atoms with Crippen LogP contribution in [0.2, 0.25) is 0 Å². The number of ether oxygens (including phenoxy) is 2. The summed E-state index contributed by atoms with van der Waals surface area (Å²) < 4.78 is 141. The second-order valence-corrected chi connectivity index (χ2v) is 31.3. The quantitative estimate of drug-likeness (QED) is 0.00709. The van der Waals surface area contributed by atoms with Gasteiger partial charge in [0.05, 0.1) is 45.5 Å².